The van der Waals surface area contributed by atoms with E-state index in [0.717, 1.165) is 45.4 Å². The summed E-state index contributed by atoms with van der Waals surface area (Å²) in [6, 6.07) is 25.7. The lowest BCUT2D eigenvalue weighted by Gasteiger charge is -2.48. The van der Waals surface area contributed by atoms with Crippen molar-refractivity contribution in [1.82, 2.24) is 0 Å². The van der Waals surface area contributed by atoms with Gasteiger partial charge in [-0.15, -0.1) is 11.3 Å². The summed E-state index contributed by atoms with van der Waals surface area (Å²) < 4.78 is 6.67. The third-order valence-electron chi connectivity index (χ3n) is 5.94. The first-order chi connectivity index (χ1) is 14.3. The van der Waals surface area contributed by atoms with E-state index in [1.54, 1.807) is 0 Å². The van der Waals surface area contributed by atoms with Gasteiger partial charge in [-0.1, -0.05) is 42.5 Å². The zero-order chi connectivity index (χ0) is 19.9. The van der Waals surface area contributed by atoms with Crippen LogP contribution in [0.4, 0.5) is 11.4 Å². The number of hydrogen-bond donors (Lipinski definition) is 0. The number of hydrogen-bond acceptors (Lipinski definition) is 4. The predicted octanol–water partition coefficient (Wildman–Crippen LogP) is 5.83. The maximum absolute atomic E-state index is 6.67. The third kappa shape index (κ3) is 4.82. The van der Waals surface area contributed by atoms with Crippen molar-refractivity contribution in [2.75, 3.05) is 36.5 Å². The van der Waals surface area contributed by atoms with Crippen LogP contribution in [0.1, 0.15) is 24.1 Å². The van der Waals surface area contributed by atoms with E-state index in [1.807, 2.05) is 11.3 Å². The Balaban J connectivity index is 1.44. The van der Waals surface area contributed by atoms with Gasteiger partial charge in [0.25, 0.3) is 0 Å². The van der Waals surface area contributed by atoms with Crippen LogP contribution in [0.3, 0.4) is 0 Å². The van der Waals surface area contributed by atoms with Crippen LogP contribution < -0.4 is 9.80 Å². The van der Waals surface area contributed by atoms with Gasteiger partial charge < -0.3 is 14.5 Å². The lowest BCUT2D eigenvalue weighted by Crippen LogP contribution is -2.56. The molecule has 4 rings (SSSR count). The van der Waals surface area contributed by atoms with Crippen molar-refractivity contribution >= 4 is 22.7 Å². The molecule has 1 aromatic heterocycles. The normalized spacial score (nSPS) is 16.0. The number of benzene rings is 2. The quantitative estimate of drug-likeness (QED) is 0.346. The number of anilines is 2. The topological polar surface area (TPSA) is 15.7 Å². The van der Waals surface area contributed by atoms with E-state index in [4.69, 9.17) is 4.74 Å². The Morgan fingerprint density at radius 2 is 1.62 bits per heavy atom. The molecule has 0 bridgehead atoms. The van der Waals surface area contributed by atoms with Crippen molar-refractivity contribution in [3.63, 3.8) is 0 Å². The summed E-state index contributed by atoms with van der Waals surface area (Å²) in [7, 11) is 2.19. The summed E-state index contributed by atoms with van der Waals surface area (Å²) in [5.74, 6) is 0. The van der Waals surface area contributed by atoms with Crippen LogP contribution in [0.15, 0.2) is 78.2 Å². The number of piperidine rings is 1. The summed E-state index contributed by atoms with van der Waals surface area (Å²) in [6.07, 6.45) is 4.14. The minimum absolute atomic E-state index is 0.248. The predicted molar refractivity (Wildman–Crippen MR) is 124 cm³/mol. The van der Waals surface area contributed by atoms with E-state index in [0.29, 0.717) is 0 Å². The molecule has 1 saturated heterocycles. The fourth-order valence-electron chi connectivity index (χ4n) is 4.18. The lowest BCUT2D eigenvalue weighted by atomic mass is 9.97. The van der Waals surface area contributed by atoms with Crippen LogP contribution in [0.5, 0.6) is 0 Å². The molecule has 0 spiro atoms. The zero-order valence-electron chi connectivity index (χ0n) is 17.2. The van der Waals surface area contributed by atoms with Crippen LogP contribution in [-0.4, -0.2) is 32.5 Å². The number of para-hydroxylation sites is 2. The Morgan fingerprint density at radius 3 is 2.28 bits per heavy atom. The molecule has 1 aliphatic heterocycles. The van der Waals surface area contributed by atoms with Crippen molar-refractivity contribution in [2.24, 2.45) is 0 Å². The zero-order valence-corrected chi connectivity index (χ0v) is 18.0. The Morgan fingerprint density at radius 1 is 0.931 bits per heavy atom. The van der Waals surface area contributed by atoms with E-state index in [2.05, 4.69) is 95.0 Å². The number of rotatable bonds is 8. The lowest BCUT2D eigenvalue weighted by molar-refractivity contribution is -0.0612. The van der Waals surface area contributed by atoms with Gasteiger partial charge >= 0.3 is 0 Å². The minimum atomic E-state index is -0.248. The number of thiophene rings is 1. The van der Waals surface area contributed by atoms with Gasteiger partial charge in [0, 0.05) is 55.8 Å². The first-order valence-electron chi connectivity index (χ1n) is 10.5. The smallest absolute Gasteiger partial charge is 0.144 e. The second-order valence-corrected chi connectivity index (χ2v) is 8.73. The average molecular weight is 407 g/mol. The van der Waals surface area contributed by atoms with E-state index >= 15 is 0 Å². The molecule has 0 radical (unpaired) electrons. The largest absolute Gasteiger partial charge is 0.371 e. The fraction of sp³-hybridized carbons (Fsp3) is 0.360. The summed E-state index contributed by atoms with van der Waals surface area (Å²) in [6.45, 7) is 2.80. The summed E-state index contributed by atoms with van der Waals surface area (Å²) in [5, 5.41) is 2.15. The van der Waals surface area contributed by atoms with E-state index in [1.165, 1.54) is 16.3 Å². The van der Waals surface area contributed by atoms with Gasteiger partial charge in [-0.05, 0) is 48.6 Å². The molecule has 3 aromatic rings. The monoisotopic (exact) mass is 406 g/mol. The molecule has 0 amide bonds. The number of nitrogens with zero attached hydrogens (tertiary/aromatic N) is 2. The minimum Gasteiger partial charge on any atom is -0.371 e. The molecule has 0 N–H and O–H groups in total. The van der Waals surface area contributed by atoms with Crippen molar-refractivity contribution in [1.29, 1.82) is 0 Å². The van der Waals surface area contributed by atoms with E-state index < -0.39 is 0 Å². The average Bonchev–Trinajstić information content (AvgIpc) is 3.31. The van der Waals surface area contributed by atoms with Crippen LogP contribution in [0.25, 0.3) is 0 Å². The molecule has 3 nitrogen and oxygen atoms in total. The highest BCUT2D eigenvalue weighted by molar-refractivity contribution is 7.09. The van der Waals surface area contributed by atoms with Gasteiger partial charge in [0.05, 0.1) is 0 Å². The molecule has 1 aliphatic rings. The Kier molecular flexibility index (Phi) is 6.53. The highest BCUT2D eigenvalue weighted by Crippen LogP contribution is 2.35. The fourth-order valence-corrected chi connectivity index (χ4v) is 4.93. The summed E-state index contributed by atoms with van der Waals surface area (Å²) >= 11 is 1.84. The maximum atomic E-state index is 6.67. The standard InChI is InChI=1S/C25H30N2OS/c1-26(22-10-4-2-5-11-22)25(28-20-8-14-24-15-9-21-29-24)16-18-27(19-17-25)23-12-6-3-7-13-23/h2-7,9-13,15,21H,8,14,16-20H2,1H3. The van der Waals surface area contributed by atoms with Crippen LogP contribution in [-0.2, 0) is 11.2 Å². The molecule has 2 heterocycles. The second-order valence-electron chi connectivity index (χ2n) is 7.69. The van der Waals surface area contributed by atoms with Gasteiger partial charge in [-0.25, -0.2) is 0 Å². The SMILES string of the molecule is CN(c1ccccc1)C1(OCCCc2cccs2)CCN(c2ccccc2)CC1. The molecule has 0 saturated carbocycles. The van der Waals surface area contributed by atoms with E-state index in [-0.39, 0.29) is 5.72 Å². The van der Waals surface area contributed by atoms with Crippen molar-refractivity contribution < 1.29 is 4.74 Å². The van der Waals surface area contributed by atoms with Crippen LogP contribution in [0.2, 0.25) is 0 Å². The Hall–Kier alpha value is -2.30. The van der Waals surface area contributed by atoms with Gasteiger partial charge in [-0.3, -0.25) is 0 Å². The molecule has 0 atom stereocenters. The molecular formula is C25H30N2OS. The Labute approximate surface area is 178 Å². The maximum Gasteiger partial charge on any atom is 0.144 e. The van der Waals surface area contributed by atoms with Crippen molar-refractivity contribution in [3.8, 4) is 0 Å². The molecule has 1 fully saturated rings. The summed E-state index contributed by atoms with van der Waals surface area (Å²) in [5.41, 5.74) is 2.28. The van der Waals surface area contributed by atoms with Gasteiger partial charge in [0.2, 0.25) is 0 Å². The molecule has 0 unspecified atom stereocenters. The van der Waals surface area contributed by atoms with Crippen LogP contribution in [0, 0.1) is 0 Å². The number of aryl methyl sites for hydroxylation is 1. The summed E-state index contributed by atoms with van der Waals surface area (Å²) in [4.78, 5) is 6.28. The van der Waals surface area contributed by atoms with Gasteiger partial charge in [0.1, 0.15) is 5.72 Å². The Bertz CT molecular complexity index is 843. The first kappa shape index (κ1) is 20.0. The highest BCUT2D eigenvalue weighted by Gasteiger charge is 2.39. The van der Waals surface area contributed by atoms with Crippen molar-refractivity contribution in [3.05, 3.63) is 83.1 Å². The van der Waals surface area contributed by atoms with Gasteiger partial charge in [0.15, 0.2) is 0 Å². The molecular weight excluding hydrogens is 376 g/mol. The highest BCUT2D eigenvalue weighted by atomic mass is 32.1. The van der Waals surface area contributed by atoms with Crippen molar-refractivity contribution in [2.45, 2.75) is 31.4 Å². The molecule has 4 heteroatoms. The third-order valence-corrected chi connectivity index (χ3v) is 6.88. The second kappa shape index (κ2) is 9.47. The first-order valence-corrected chi connectivity index (χ1v) is 11.4. The van der Waals surface area contributed by atoms with E-state index in [9.17, 15) is 0 Å². The molecule has 29 heavy (non-hydrogen) atoms. The van der Waals surface area contributed by atoms with Gasteiger partial charge in [-0.2, -0.15) is 0 Å². The molecule has 152 valence electrons. The molecule has 0 aliphatic carbocycles. The molecule has 2 aromatic carbocycles. The van der Waals surface area contributed by atoms with Crippen LogP contribution >= 0.6 is 11.3 Å². The number of ether oxygens (including phenoxy) is 1.